The van der Waals surface area contributed by atoms with Crippen molar-refractivity contribution in [1.29, 1.82) is 0 Å². The Morgan fingerprint density at radius 3 is 2.54 bits per heavy atom. The number of carbonyl (C=O) groups is 2. The minimum Gasteiger partial charge on any atom is -0.493 e. The SMILES string of the molecule is C=CCc1cc(C(=O)NC2(CC(=O)O)CCOCC2)cc(OC)c1OC. The lowest BCUT2D eigenvalue weighted by molar-refractivity contribution is -0.139. The number of aliphatic carboxylic acids is 1. The normalized spacial score (nSPS) is 15.8. The van der Waals surface area contributed by atoms with E-state index in [0.717, 1.165) is 5.56 Å². The molecule has 26 heavy (non-hydrogen) atoms. The number of amides is 1. The van der Waals surface area contributed by atoms with E-state index in [4.69, 9.17) is 14.2 Å². The number of rotatable bonds is 8. The lowest BCUT2D eigenvalue weighted by Gasteiger charge is -2.36. The van der Waals surface area contributed by atoms with Crippen LogP contribution in [0.3, 0.4) is 0 Å². The second kappa shape index (κ2) is 8.71. The highest BCUT2D eigenvalue weighted by Gasteiger charge is 2.36. The Balaban J connectivity index is 2.33. The van der Waals surface area contributed by atoms with Gasteiger partial charge in [-0.1, -0.05) is 6.08 Å². The van der Waals surface area contributed by atoms with Crippen LogP contribution < -0.4 is 14.8 Å². The number of hydrogen-bond donors (Lipinski definition) is 2. The fraction of sp³-hybridized carbons (Fsp3) is 0.474. The molecule has 1 aromatic carbocycles. The molecule has 0 spiro atoms. The Hall–Kier alpha value is -2.54. The highest BCUT2D eigenvalue weighted by Crippen LogP contribution is 2.34. The number of nitrogens with one attached hydrogen (secondary N) is 1. The number of benzene rings is 1. The van der Waals surface area contributed by atoms with Gasteiger partial charge >= 0.3 is 5.97 Å². The second-order valence-electron chi connectivity index (χ2n) is 6.28. The van der Waals surface area contributed by atoms with Gasteiger partial charge in [0.2, 0.25) is 0 Å². The van der Waals surface area contributed by atoms with E-state index in [9.17, 15) is 14.7 Å². The van der Waals surface area contributed by atoms with Gasteiger partial charge in [-0.15, -0.1) is 6.58 Å². The quantitative estimate of drug-likeness (QED) is 0.688. The summed E-state index contributed by atoms with van der Waals surface area (Å²) in [6.45, 7) is 4.56. The molecule has 1 aliphatic rings. The van der Waals surface area contributed by atoms with Gasteiger partial charge in [0.15, 0.2) is 11.5 Å². The molecule has 0 unspecified atom stereocenters. The molecular formula is C19H25NO6. The summed E-state index contributed by atoms with van der Waals surface area (Å²) < 4.78 is 16.0. The second-order valence-corrected chi connectivity index (χ2v) is 6.28. The summed E-state index contributed by atoms with van der Waals surface area (Å²) in [5.74, 6) is -0.308. The number of allylic oxidation sites excluding steroid dienone is 1. The third kappa shape index (κ3) is 4.54. The molecule has 0 atom stereocenters. The van der Waals surface area contributed by atoms with E-state index in [1.54, 1.807) is 18.2 Å². The van der Waals surface area contributed by atoms with Crippen LogP contribution in [0.5, 0.6) is 11.5 Å². The number of carbonyl (C=O) groups excluding carboxylic acids is 1. The van der Waals surface area contributed by atoms with Gasteiger partial charge in [0, 0.05) is 24.3 Å². The summed E-state index contributed by atoms with van der Waals surface area (Å²) in [7, 11) is 3.04. The number of carboxylic acids is 1. The molecule has 142 valence electrons. The van der Waals surface area contributed by atoms with Crippen LogP contribution in [-0.4, -0.2) is 50.0 Å². The zero-order valence-corrected chi connectivity index (χ0v) is 15.2. The van der Waals surface area contributed by atoms with Crippen molar-refractivity contribution in [3.63, 3.8) is 0 Å². The predicted octanol–water partition coefficient (Wildman–Crippen LogP) is 2.19. The predicted molar refractivity (Wildman–Crippen MR) is 96.0 cm³/mol. The molecule has 2 rings (SSSR count). The molecule has 0 saturated carbocycles. The first-order chi connectivity index (χ1) is 12.4. The summed E-state index contributed by atoms with van der Waals surface area (Å²) in [5.41, 5.74) is 0.342. The average Bonchev–Trinajstić information content (AvgIpc) is 2.61. The first kappa shape index (κ1) is 19.8. The summed E-state index contributed by atoms with van der Waals surface area (Å²) >= 11 is 0. The Kier molecular flexibility index (Phi) is 6.63. The van der Waals surface area contributed by atoms with Crippen molar-refractivity contribution in [1.82, 2.24) is 5.32 Å². The van der Waals surface area contributed by atoms with Crippen molar-refractivity contribution < 1.29 is 28.9 Å². The fourth-order valence-electron chi connectivity index (χ4n) is 3.19. The van der Waals surface area contributed by atoms with Crippen molar-refractivity contribution in [2.45, 2.75) is 31.2 Å². The smallest absolute Gasteiger partial charge is 0.305 e. The molecule has 1 aromatic rings. The van der Waals surface area contributed by atoms with Crippen LogP contribution in [0.2, 0.25) is 0 Å². The van der Waals surface area contributed by atoms with Gasteiger partial charge in [0.05, 0.1) is 26.2 Å². The highest BCUT2D eigenvalue weighted by molar-refractivity contribution is 5.96. The molecule has 0 aromatic heterocycles. The number of hydrogen-bond acceptors (Lipinski definition) is 5. The molecule has 1 heterocycles. The number of carboxylic acid groups (broad SMARTS) is 1. The van der Waals surface area contributed by atoms with Gasteiger partial charge in [-0.05, 0) is 31.4 Å². The molecule has 1 aliphatic heterocycles. The maximum atomic E-state index is 12.9. The summed E-state index contributed by atoms with van der Waals surface area (Å²) in [6.07, 6.45) is 2.99. The van der Waals surface area contributed by atoms with E-state index >= 15 is 0 Å². The maximum Gasteiger partial charge on any atom is 0.305 e. The van der Waals surface area contributed by atoms with E-state index in [2.05, 4.69) is 11.9 Å². The molecule has 1 fully saturated rings. The van der Waals surface area contributed by atoms with Crippen LogP contribution in [0.15, 0.2) is 24.8 Å². The third-order valence-corrected chi connectivity index (χ3v) is 4.50. The van der Waals surface area contributed by atoms with Crippen molar-refractivity contribution >= 4 is 11.9 Å². The zero-order chi connectivity index (χ0) is 19.2. The number of ether oxygens (including phenoxy) is 3. The average molecular weight is 363 g/mol. The molecule has 0 aliphatic carbocycles. The Morgan fingerprint density at radius 2 is 2.00 bits per heavy atom. The van der Waals surface area contributed by atoms with Gasteiger partial charge in [-0.2, -0.15) is 0 Å². The van der Waals surface area contributed by atoms with Gasteiger partial charge in [0.25, 0.3) is 5.91 Å². The first-order valence-corrected chi connectivity index (χ1v) is 8.42. The van der Waals surface area contributed by atoms with Crippen molar-refractivity contribution in [2.24, 2.45) is 0 Å². The van der Waals surface area contributed by atoms with Gasteiger partial charge in [-0.25, -0.2) is 0 Å². The lowest BCUT2D eigenvalue weighted by atomic mass is 9.86. The molecule has 0 bridgehead atoms. The molecule has 7 nitrogen and oxygen atoms in total. The van der Waals surface area contributed by atoms with E-state index in [0.29, 0.717) is 49.5 Å². The van der Waals surface area contributed by atoms with Crippen molar-refractivity contribution in [3.05, 3.63) is 35.9 Å². The molecule has 2 N–H and O–H groups in total. The Morgan fingerprint density at radius 1 is 1.31 bits per heavy atom. The molecular weight excluding hydrogens is 338 g/mol. The summed E-state index contributed by atoms with van der Waals surface area (Å²) in [4.78, 5) is 24.1. The minimum atomic E-state index is -0.952. The highest BCUT2D eigenvalue weighted by atomic mass is 16.5. The van der Waals surface area contributed by atoms with E-state index < -0.39 is 11.5 Å². The topological polar surface area (TPSA) is 94.1 Å². The van der Waals surface area contributed by atoms with Crippen LogP contribution in [0.25, 0.3) is 0 Å². The summed E-state index contributed by atoms with van der Waals surface area (Å²) in [6, 6.07) is 3.31. The monoisotopic (exact) mass is 363 g/mol. The van der Waals surface area contributed by atoms with Crippen LogP contribution in [0.1, 0.15) is 35.2 Å². The number of methoxy groups -OCH3 is 2. The largest absolute Gasteiger partial charge is 0.493 e. The molecule has 7 heteroatoms. The Bertz CT molecular complexity index is 679. The molecule has 1 saturated heterocycles. The van der Waals surface area contributed by atoms with Crippen LogP contribution in [0.4, 0.5) is 0 Å². The van der Waals surface area contributed by atoms with E-state index in [-0.39, 0.29) is 12.3 Å². The molecule has 0 radical (unpaired) electrons. The zero-order valence-electron chi connectivity index (χ0n) is 15.2. The first-order valence-electron chi connectivity index (χ1n) is 8.42. The van der Waals surface area contributed by atoms with Crippen LogP contribution in [-0.2, 0) is 16.0 Å². The fourth-order valence-corrected chi connectivity index (χ4v) is 3.19. The van der Waals surface area contributed by atoms with Crippen LogP contribution in [0, 0.1) is 0 Å². The summed E-state index contributed by atoms with van der Waals surface area (Å²) in [5, 5.41) is 12.2. The Labute approximate surface area is 152 Å². The van der Waals surface area contributed by atoms with Gasteiger partial charge in [-0.3, -0.25) is 9.59 Å². The van der Waals surface area contributed by atoms with Crippen LogP contribution >= 0.6 is 0 Å². The van der Waals surface area contributed by atoms with Crippen molar-refractivity contribution in [3.8, 4) is 11.5 Å². The maximum absolute atomic E-state index is 12.9. The lowest BCUT2D eigenvalue weighted by Crippen LogP contribution is -2.53. The van der Waals surface area contributed by atoms with E-state index in [1.807, 2.05) is 0 Å². The minimum absolute atomic E-state index is 0.144. The van der Waals surface area contributed by atoms with Crippen molar-refractivity contribution in [2.75, 3.05) is 27.4 Å². The third-order valence-electron chi connectivity index (χ3n) is 4.50. The van der Waals surface area contributed by atoms with Gasteiger partial charge in [0.1, 0.15) is 0 Å². The van der Waals surface area contributed by atoms with Gasteiger partial charge < -0.3 is 24.6 Å². The standard InChI is InChI=1S/C19H25NO6/c1-4-5-13-10-14(11-15(24-2)17(13)25-3)18(23)20-19(12-16(21)22)6-8-26-9-7-19/h4,10-11H,1,5-9,12H2,2-3H3,(H,20,23)(H,21,22). The van der Waals surface area contributed by atoms with E-state index in [1.165, 1.54) is 14.2 Å². The molecule has 1 amide bonds.